The number of hydrogen-bond donors (Lipinski definition) is 2. The van der Waals surface area contributed by atoms with E-state index in [0.29, 0.717) is 6.61 Å². The summed E-state index contributed by atoms with van der Waals surface area (Å²) in [6.45, 7) is 3.22. The quantitative estimate of drug-likeness (QED) is 0.787. The number of anilines is 1. The van der Waals surface area contributed by atoms with Crippen LogP contribution in [0, 0.1) is 0 Å². The third kappa shape index (κ3) is 4.79. The smallest absolute Gasteiger partial charge is 0.220 e. The van der Waals surface area contributed by atoms with Crippen molar-refractivity contribution in [2.45, 2.75) is 26.3 Å². The number of carbonyl (C=O) groups is 1. The molecule has 4 nitrogen and oxygen atoms in total. The number of amides is 1. The van der Waals surface area contributed by atoms with Gasteiger partial charge in [-0.05, 0) is 30.7 Å². The molecule has 0 unspecified atom stereocenters. The van der Waals surface area contributed by atoms with Crippen LogP contribution < -0.4 is 15.8 Å². The molecule has 1 aromatic heterocycles. The molecule has 1 amide bonds. The predicted octanol–water partition coefficient (Wildman–Crippen LogP) is 3.18. The maximum atomic E-state index is 10.7. The molecule has 2 rings (SSSR count). The molecule has 5 heteroatoms. The van der Waals surface area contributed by atoms with Gasteiger partial charge in [0, 0.05) is 16.3 Å². The van der Waals surface area contributed by atoms with Gasteiger partial charge in [-0.2, -0.15) is 0 Å². The molecule has 0 aliphatic rings. The summed E-state index contributed by atoms with van der Waals surface area (Å²) in [6.07, 6.45) is 1.29. The van der Waals surface area contributed by atoms with Crippen molar-refractivity contribution in [1.82, 2.24) is 0 Å². The number of aryl methyl sites for hydroxylation is 1. The Kier molecular flexibility index (Phi) is 5.63. The van der Waals surface area contributed by atoms with Gasteiger partial charge in [0.05, 0.1) is 18.7 Å². The van der Waals surface area contributed by atoms with Crippen molar-refractivity contribution in [3.8, 4) is 5.75 Å². The molecule has 0 radical (unpaired) electrons. The monoisotopic (exact) mass is 304 g/mol. The third-order valence-electron chi connectivity index (χ3n) is 3.01. The number of nitrogens with two attached hydrogens (primary N) is 1. The fourth-order valence-electron chi connectivity index (χ4n) is 1.89. The largest absolute Gasteiger partial charge is 0.491 e. The second-order valence-electron chi connectivity index (χ2n) is 4.64. The van der Waals surface area contributed by atoms with Crippen molar-refractivity contribution in [3.63, 3.8) is 0 Å². The summed E-state index contributed by atoms with van der Waals surface area (Å²) < 4.78 is 5.60. The van der Waals surface area contributed by atoms with E-state index in [1.54, 1.807) is 0 Å². The zero-order chi connectivity index (χ0) is 15.1. The molecule has 0 saturated carbocycles. The van der Waals surface area contributed by atoms with Crippen molar-refractivity contribution in [1.29, 1.82) is 0 Å². The predicted molar refractivity (Wildman–Crippen MR) is 86.8 cm³/mol. The lowest BCUT2D eigenvalue weighted by Gasteiger charge is -2.12. The number of primary amides is 1. The van der Waals surface area contributed by atoms with Crippen LogP contribution in [0.25, 0.3) is 0 Å². The fourth-order valence-corrected chi connectivity index (χ4v) is 2.79. The van der Waals surface area contributed by atoms with Crippen molar-refractivity contribution in [3.05, 3.63) is 46.2 Å². The van der Waals surface area contributed by atoms with Crippen molar-refractivity contribution in [2.24, 2.45) is 5.73 Å². The number of nitrogens with one attached hydrogen (secondary N) is 1. The maximum Gasteiger partial charge on any atom is 0.220 e. The molecule has 1 aromatic carbocycles. The normalized spacial score (nSPS) is 10.3. The van der Waals surface area contributed by atoms with E-state index >= 15 is 0 Å². The molecule has 0 fully saturated rings. The molecule has 0 aliphatic carbocycles. The van der Waals surface area contributed by atoms with Crippen molar-refractivity contribution >= 4 is 22.9 Å². The molecule has 1 heterocycles. The molecule has 112 valence electrons. The first kappa shape index (κ1) is 15.4. The van der Waals surface area contributed by atoms with Gasteiger partial charge in [0.1, 0.15) is 5.75 Å². The topological polar surface area (TPSA) is 64.3 Å². The van der Waals surface area contributed by atoms with Crippen LogP contribution in [-0.4, -0.2) is 12.5 Å². The molecule has 0 saturated heterocycles. The number of hydrogen-bond acceptors (Lipinski definition) is 4. The van der Waals surface area contributed by atoms with Crippen LogP contribution in [0.15, 0.2) is 36.4 Å². The molecule has 2 aromatic rings. The highest BCUT2D eigenvalue weighted by Crippen LogP contribution is 2.25. The lowest BCUT2D eigenvalue weighted by molar-refractivity contribution is -0.118. The summed E-state index contributed by atoms with van der Waals surface area (Å²) >= 11 is 1.82. The summed E-state index contributed by atoms with van der Waals surface area (Å²) in [4.78, 5) is 13.4. The lowest BCUT2D eigenvalue weighted by atomic mass is 10.3. The third-order valence-corrected chi connectivity index (χ3v) is 4.24. The molecule has 3 N–H and O–H groups in total. The van der Waals surface area contributed by atoms with Crippen LogP contribution in [0.2, 0.25) is 0 Å². The first-order valence-electron chi connectivity index (χ1n) is 7.00. The van der Waals surface area contributed by atoms with E-state index in [1.165, 1.54) is 9.75 Å². The SMILES string of the molecule is CCc1ccc(CNc2ccccc2OCCC(N)=O)s1. The van der Waals surface area contributed by atoms with Crippen LogP contribution >= 0.6 is 11.3 Å². The second kappa shape index (κ2) is 7.69. The number of rotatable bonds is 8. The zero-order valence-corrected chi connectivity index (χ0v) is 12.9. The number of carbonyl (C=O) groups excluding carboxylic acids is 1. The summed E-state index contributed by atoms with van der Waals surface area (Å²) in [6, 6.07) is 12.0. The highest BCUT2D eigenvalue weighted by molar-refractivity contribution is 7.12. The van der Waals surface area contributed by atoms with Gasteiger partial charge in [-0.25, -0.2) is 0 Å². The summed E-state index contributed by atoms with van der Waals surface area (Å²) in [7, 11) is 0. The standard InChI is InChI=1S/C16H20N2O2S/c1-2-12-7-8-13(21-12)11-18-14-5-3-4-6-15(14)20-10-9-16(17)19/h3-8,18H,2,9-11H2,1H3,(H2,17,19). The minimum atomic E-state index is -0.355. The minimum Gasteiger partial charge on any atom is -0.491 e. The molecule has 0 aliphatic heterocycles. The molecule has 21 heavy (non-hydrogen) atoms. The van der Waals surface area contributed by atoms with Crippen molar-refractivity contribution in [2.75, 3.05) is 11.9 Å². The Morgan fingerprint density at radius 2 is 2.00 bits per heavy atom. The fraction of sp³-hybridized carbons (Fsp3) is 0.312. The molecule has 0 spiro atoms. The average Bonchev–Trinajstić information content (AvgIpc) is 2.94. The van der Waals surface area contributed by atoms with Gasteiger partial charge in [-0.15, -0.1) is 11.3 Å². The van der Waals surface area contributed by atoms with E-state index in [9.17, 15) is 4.79 Å². The zero-order valence-electron chi connectivity index (χ0n) is 12.1. The Balaban J connectivity index is 1.94. The number of ether oxygens (including phenoxy) is 1. The van der Waals surface area contributed by atoms with Gasteiger partial charge in [0.15, 0.2) is 0 Å². The highest BCUT2D eigenvalue weighted by atomic mass is 32.1. The van der Waals surface area contributed by atoms with Crippen molar-refractivity contribution < 1.29 is 9.53 Å². The maximum absolute atomic E-state index is 10.7. The van der Waals surface area contributed by atoms with Gasteiger partial charge in [-0.3, -0.25) is 4.79 Å². The van der Waals surface area contributed by atoms with E-state index in [-0.39, 0.29) is 12.3 Å². The van der Waals surface area contributed by atoms with E-state index < -0.39 is 0 Å². The molecule has 0 atom stereocenters. The van der Waals surface area contributed by atoms with Crippen LogP contribution in [-0.2, 0) is 17.8 Å². The summed E-state index contributed by atoms with van der Waals surface area (Å²) in [5.74, 6) is 0.386. The molecular formula is C16H20N2O2S. The molecule has 0 bridgehead atoms. The van der Waals surface area contributed by atoms with E-state index in [0.717, 1.165) is 24.4 Å². The Morgan fingerprint density at radius 3 is 2.71 bits per heavy atom. The van der Waals surface area contributed by atoms with Crippen LogP contribution in [0.1, 0.15) is 23.1 Å². The highest BCUT2D eigenvalue weighted by Gasteiger charge is 2.05. The number of para-hydroxylation sites is 2. The Labute approximate surface area is 128 Å². The van der Waals surface area contributed by atoms with E-state index in [4.69, 9.17) is 10.5 Å². The first-order valence-corrected chi connectivity index (χ1v) is 7.82. The van der Waals surface area contributed by atoms with Gasteiger partial charge in [-0.1, -0.05) is 19.1 Å². The second-order valence-corrected chi connectivity index (χ2v) is 5.89. The van der Waals surface area contributed by atoms with Crippen LogP contribution in [0.3, 0.4) is 0 Å². The number of benzene rings is 1. The Bertz CT molecular complexity index is 595. The van der Waals surface area contributed by atoms with Gasteiger partial charge in [0.25, 0.3) is 0 Å². The summed E-state index contributed by atoms with van der Waals surface area (Å²) in [5, 5.41) is 3.37. The van der Waals surface area contributed by atoms with Gasteiger partial charge < -0.3 is 15.8 Å². The summed E-state index contributed by atoms with van der Waals surface area (Å²) in [5.41, 5.74) is 6.04. The Morgan fingerprint density at radius 1 is 1.24 bits per heavy atom. The Hall–Kier alpha value is -2.01. The lowest BCUT2D eigenvalue weighted by Crippen LogP contribution is -2.15. The minimum absolute atomic E-state index is 0.221. The van der Waals surface area contributed by atoms with Gasteiger partial charge in [0.2, 0.25) is 5.91 Å². The average molecular weight is 304 g/mol. The number of thiophene rings is 1. The van der Waals surface area contributed by atoms with Crippen LogP contribution in [0.5, 0.6) is 5.75 Å². The van der Waals surface area contributed by atoms with Gasteiger partial charge >= 0.3 is 0 Å². The molecular weight excluding hydrogens is 284 g/mol. The van der Waals surface area contributed by atoms with E-state index in [1.807, 2.05) is 35.6 Å². The van der Waals surface area contributed by atoms with E-state index in [2.05, 4.69) is 24.4 Å². The first-order chi connectivity index (χ1) is 10.2. The van der Waals surface area contributed by atoms with Crippen LogP contribution in [0.4, 0.5) is 5.69 Å².